The van der Waals surface area contributed by atoms with Crippen molar-refractivity contribution in [3.05, 3.63) is 53.3 Å². The van der Waals surface area contributed by atoms with Crippen molar-refractivity contribution in [2.75, 3.05) is 30.3 Å². The van der Waals surface area contributed by atoms with Crippen LogP contribution in [0.15, 0.2) is 36.5 Å². The number of nitrogens with one attached hydrogen (secondary N) is 2. The maximum absolute atomic E-state index is 12.4. The van der Waals surface area contributed by atoms with Gasteiger partial charge in [0, 0.05) is 24.8 Å². The van der Waals surface area contributed by atoms with Gasteiger partial charge >= 0.3 is 6.09 Å². The number of aryl methyl sites for hydroxylation is 2. The van der Waals surface area contributed by atoms with Crippen LogP contribution in [-0.2, 0) is 4.74 Å². The molecular weight excluding hydrogens is 368 g/mol. The minimum Gasteiger partial charge on any atom is -0.450 e. The van der Waals surface area contributed by atoms with Gasteiger partial charge in [0.15, 0.2) is 0 Å². The molecule has 0 aliphatic carbocycles. The molecular formula is C22H28N4O3. The lowest BCUT2D eigenvalue weighted by molar-refractivity contribution is 0.0982. The highest BCUT2D eigenvalue weighted by atomic mass is 16.6. The lowest BCUT2D eigenvalue weighted by atomic mass is 10.1. The number of pyridine rings is 1. The quantitative estimate of drug-likeness (QED) is 0.799. The van der Waals surface area contributed by atoms with Gasteiger partial charge in [0.1, 0.15) is 5.69 Å². The van der Waals surface area contributed by atoms with E-state index >= 15 is 0 Å². The van der Waals surface area contributed by atoms with Gasteiger partial charge in [-0.05, 0) is 69.0 Å². The number of likely N-dealkylation sites (tertiary alicyclic amines) is 1. The van der Waals surface area contributed by atoms with Crippen LogP contribution in [0.3, 0.4) is 0 Å². The molecule has 0 radical (unpaired) electrons. The molecule has 29 heavy (non-hydrogen) atoms. The van der Waals surface area contributed by atoms with Crippen molar-refractivity contribution in [3.8, 4) is 0 Å². The molecule has 0 spiro atoms. The zero-order valence-corrected chi connectivity index (χ0v) is 17.2. The molecule has 3 rings (SSSR count). The zero-order valence-electron chi connectivity index (χ0n) is 17.2. The Kier molecular flexibility index (Phi) is 6.69. The summed E-state index contributed by atoms with van der Waals surface area (Å²) in [6.45, 7) is 7.59. The first-order valence-electron chi connectivity index (χ1n) is 9.99. The first-order valence-corrected chi connectivity index (χ1v) is 9.99. The number of benzene rings is 1. The van der Waals surface area contributed by atoms with E-state index in [0.717, 1.165) is 29.8 Å². The van der Waals surface area contributed by atoms with Crippen LogP contribution < -0.4 is 10.6 Å². The van der Waals surface area contributed by atoms with Crippen molar-refractivity contribution in [3.63, 3.8) is 0 Å². The summed E-state index contributed by atoms with van der Waals surface area (Å²) < 4.78 is 5.04. The lowest BCUT2D eigenvalue weighted by Crippen LogP contribution is -2.42. The Morgan fingerprint density at radius 3 is 2.45 bits per heavy atom. The van der Waals surface area contributed by atoms with Crippen LogP contribution in [-0.4, -0.2) is 47.6 Å². The van der Waals surface area contributed by atoms with E-state index in [4.69, 9.17) is 4.74 Å². The monoisotopic (exact) mass is 396 g/mol. The number of rotatable bonds is 5. The fourth-order valence-corrected chi connectivity index (χ4v) is 3.28. The van der Waals surface area contributed by atoms with Crippen LogP contribution in [0.1, 0.15) is 41.4 Å². The second-order valence-electron chi connectivity index (χ2n) is 7.29. The second kappa shape index (κ2) is 9.41. The molecule has 0 atom stereocenters. The van der Waals surface area contributed by atoms with Gasteiger partial charge in [-0.25, -0.2) is 9.78 Å². The largest absolute Gasteiger partial charge is 0.450 e. The highest BCUT2D eigenvalue weighted by Gasteiger charge is 2.23. The maximum Gasteiger partial charge on any atom is 0.409 e. The van der Waals surface area contributed by atoms with Gasteiger partial charge in [0.2, 0.25) is 0 Å². The van der Waals surface area contributed by atoms with Gasteiger partial charge in [0.25, 0.3) is 5.91 Å². The van der Waals surface area contributed by atoms with Gasteiger partial charge in [-0.2, -0.15) is 0 Å². The maximum atomic E-state index is 12.4. The molecule has 0 unspecified atom stereocenters. The second-order valence-corrected chi connectivity index (χ2v) is 7.29. The fraction of sp³-hybridized carbons (Fsp3) is 0.409. The summed E-state index contributed by atoms with van der Waals surface area (Å²) in [5.41, 5.74) is 4.30. The van der Waals surface area contributed by atoms with E-state index in [-0.39, 0.29) is 18.0 Å². The van der Waals surface area contributed by atoms with Gasteiger partial charge in [-0.3, -0.25) is 4.79 Å². The minimum atomic E-state index is -0.244. The molecule has 2 heterocycles. The van der Waals surface area contributed by atoms with Crippen molar-refractivity contribution >= 4 is 23.4 Å². The van der Waals surface area contributed by atoms with E-state index in [9.17, 15) is 9.59 Å². The number of ether oxygens (including phenoxy) is 1. The van der Waals surface area contributed by atoms with E-state index in [2.05, 4.69) is 15.6 Å². The number of carbonyl (C=O) groups excluding carboxylic acids is 2. The Bertz CT molecular complexity index is 859. The number of amides is 2. The molecule has 7 nitrogen and oxygen atoms in total. The molecule has 1 aliphatic heterocycles. The number of anilines is 2. The summed E-state index contributed by atoms with van der Waals surface area (Å²) in [5, 5.41) is 6.31. The average molecular weight is 396 g/mol. The zero-order chi connectivity index (χ0) is 20.8. The minimum absolute atomic E-state index is 0.234. The predicted octanol–water partition coefficient (Wildman–Crippen LogP) is 3.98. The third-order valence-corrected chi connectivity index (χ3v) is 5.15. The molecule has 2 aromatic rings. The summed E-state index contributed by atoms with van der Waals surface area (Å²) in [5.74, 6) is -0.234. The Balaban J connectivity index is 1.52. The first kappa shape index (κ1) is 20.6. The highest BCUT2D eigenvalue weighted by molar-refractivity contribution is 6.03. The van der Waals surface area contributed by atoms with Crippen molar-refractivity contribution < 1.29 is 14.3 Å². The molecule has 1 aromatic heterocycles. The molecule has 0 saturated carbocycles. The Labute approximate surface area is 171 Å². The molecule has 1 fully saturated rings. The normalized spacial score (nSPS) is 14.4. The van der Waals surface area contributed by atoms with Crippen LogP contribution in [0.25, 0.3) is 0 Å². The Hall–Kier alpha value is -3.09. The van der Waals surface area contributed by atoms with Crippen molar-refractivity contribution in [1.29, 1.82) is 0 Å². The van der Waals surface area contributed by atoms with E-state index in [0.29, 0.717) is 25.4 Å². The number of hydrogen-bond acceptors (Lipinski definition) is 5. The Morgan fingerprint density at radius 2 is 1.83 bits per heavy atom. The SMILES string of the molecule is CCOC(=O)N1CCC(Nc2ccc(C(=O)Nc3ccc(C)c(C)c3)nc2)CC1. The van der Waals surface area contributed by atoms with Crippen LogP contribution in [0.4, 0.5) is 16.2 Å². The molecule has 1 aromatic carbocycles. The van der Waals surface area contributed by atoms with Crippen LogP contribution >= 0.6 is 0 Å². The number of nitrogens with zero attached hydrogens (tertiary/aromatic N) is 2. The average Bonchev–Trinajstić information content (AvgIpc) is 2.72. The third-order valence-electron chi connectivity index (χ3n) is 5.15. The van der Waals surface area contributed by atoms with Gasteiger partial charge in [-0.15, -0.1) is 0 Å². The van der Waals surface area contributed by atoms with E-state index in [1.54, 1.807) is 17.2 Å². The molecule has 1 saturated heterocycles. The summed E-state index contributed by atoms with van der Waals surface area (Å²) in [6.07, 6.45) is 3.11. The number of piperidine rings is 1. The van der Waals surface area contributed by atoms with Gasteiger partial charge in [0.05, 0.1) is 18.5 Å². The highest BCUT2D eigenvalue weighted by Crippen LogP contribution is 2.18. The Morgan fingerprint density at radius 1 is 1.10 bits per heavy atom. The van der Waals surface area contributed by atoms with Crippen molar-refractivity contribution in [2.45, 2.75) is 39.7 Å². The third kappa shape index (κ3) is 5.47. The van der Waals surface area contributed by atoms with Gasteiger partial charge in [-0.1, -0.05) is 6.07 Å². The first-order chi connectivity index (χ1) is 14.0. The standard InChI is InChI=1S/C22H28N4O3/c1-4-29-22(28)26-11-9-17(10-12-26)24-19-7-8-20(23-14-19)21(27)25-18-6-5-15(2)16(3)13-18/h5-8,13-14,17,24H,4,9-12H2,1-3H3,(H,25,27). The number of hydrogen-bond donors (Lipinski definition) is 2. The summed E-state index contributed by atoms with van der Waals surface area (Å²) in [4.78, 5) is 30.2. The predicted molar refractivity (Wildman–Crippen MR) is 113 cm³/mol. The van der Waals surface area contributed by atoms with Crippen LogP contribution in [0.2, 0.25) is 0 Å². The number of aromatic nitrogens is 1. The summed E-state index contributed by atoms with van der Waals surface area (Å²) in [7, 11) is 0. The molecule has 2 amide bonds. The van der Waals surface area contributed by atoms with Crippen LogP contribution in [0.5, 0.6) is 0 Å². The topological polar surface area (TPSA) is 83.6 Å². The molecule has 7 heteroatoms. The molecule has 154 valence electrons. The van der Waals surface area contributed by atoms with Crippen LogP contribution in [0, 0.1) is 13.8 Å². The number of carbonyl (C=O) groups is 2. The smallest absolute Gasteiger partial charge is 0.409 e. The van der Waals surface area contributed by atoms with Crippen molar-refractivity contribution in [2.24, 2.45) is 0 Å². The molecule has 0 bridgehead atoms. The van der Waals surface area contributed by atoms with E-state index in [1.165, 1.54) is 5.56 Å². The van der Waals surface area contributed by atoms with E-state index < -0.39 is 0 Å². The summed E-state index contributed by atoms with van der Waals surface area (Å²) in [6, 6.07) is 9.66. The molecule has 1 aliphatic rings. The fourth-order valence-electron chi connectivity index (χ4n) is 3.28. The van der Waals surface area contributed by atoms with Gasteiger partial charge < -0.3 is 20.3 Å². The molecule has 2 N–H and O–H groups in total. The lowest BCUT2D eigenvalue weighted by Gasteiger charge is -2.32. The summed E-state index contributed by atoms with van der Waals surface area (Å²) >= 11 is 0. The van der Waals surface area contributed by atoms with E-state index in [1.807, 2.05) is 45.0 Å². The van der Waals surface area contributed by atoms with Crippen molar-refractivity contribution in [1.82, 2.24) is 9.88 Å².